The lowest BCUT2D eigenvalue weighted by molar-refractivity contribution is -0.117. The Balaban J connectivity index is 1.70. The fourth-order valence-electron chi connectivity index (χ4n) is 3.87. The number of ether oxygens (including phenoxy) is 1. The Kier molecular flexibility index (Phi) is 6.74. The Labute approximate surface area is 176 Å². The molecule has 158 valence electrons. The quantitative estimate of drug-likeness (QED) is 0.699. The third-order valence-electron chi connectivity index (χ3n) is 5.51. The van der Waals surface area contributed by atoms with Gasteiger partial charge in [-0.2, -0.15) is 5.10 Å². The van der Waals surface area contributed by atoms with Crippen LogP contribution in [0.1, 0.15) is 52.3 Å². The van der Waals surface area contributed by atoms with Gasteiger partial charge in [-0.1, -0.05) is 6.92 Å². The van der Waals surface area contributed by atoms with E-state index in [0.717, 1.165) is 42.6 Å². The van der Waals surface area contributed by atoms with Gasteiger partial charge in [0.05, 0.1) is 25.4 Å². The van der Waals surface area contributed by atoms with Crippen LogP contribution in [0.2, 0.25) is 0 Å². The molecule has 0 aromatic carbocycles. The van der Waals surface area contributed by atoms with Crippen LogP contribution in [-0.2, 0) is 35.5 Å². The fourth-order valence-corrected chi connectivity index (χ4v) is 5.29. The molecule has 29 heavy (non-hydrogen) atoms. The van der Waals surface area contributed by atoms with E-state index in [2.05, 4.69) is 24.3 Å². The molecule has 1 unspecified atom stereocenters. The molecule has 1 aliphatic rings. The number of methoxy groups -OCH3 is 1. The molecular weight excluding hydrogens is 388 g/mol. The van der Waals surface area contributed by atoms with Crippen LogP contribution in [0.5, 0.6) is 0 Å². The Morgan fingerprint density at radius 1 is 1.45 bits per heavy atom. The Morgan fingerprint density at radius 3 is 2.86 bits per heavy atom. The molecule has 2 aromatic rings. The van der Waals surface area contributed by atoms with E-state index in [9.17, 15) is 9.59 Å². The van der Waals surface area contributed by atoms with Crippen molar-refractivity contribution < 1.29 is 14.3 Å². The van der Waals surface area contributed by atoms with Crippen molar-refractivity contribution in [2.75, 3.05) is 26.0 Å². The molecule has 2 heterocycles. The maximum Gasteiger partial charge on any atom is 0.341 e. The molecule has 0 radical (unpaired) electrons. The Bertz CT molecular complexity index is 902. The second-order valence-electron chi connectivity index (χ2n) is 7.84. The number of amides is 1. The number of rotatable bonds is 7. The lowest BCUT2D eigenvalue weighted by atomic mass is 9.88. The van der Waals surface area contributed by atoms with E-state index < -0.39 is 0 Å². The van der Waals surface area contributed by atoms with Crippen molar-refractivity contribution in [3.63, 3.8) is 0 Å². The predicted molar refractivity (Wildman–Crippen MR) is 114 cm³/mol. The summed E-state index contributed by atoms with van der Waals surface area (Å²) in [4.78, 5) is 28.2. The van der Waals surface area contributed by atoms with Gasteiger partial charge in [0.25, 0.3) is 0 Å². The summed E-state index contributed by atoms with van der Waals surface area (Å²) in [5.74, 6) is 0.0850. The highest BCUT2D eigenvalue weighted by molar-refractivity contribution is 7.17. The molecule has 0 saturated heterocycles. The Hall–Kier alpha value is -2.19. The highest BCUT2D eigenvalue weighted by Crippen LogP contribution is 2.40. The van der Waals surface area contributed by atoms with E-state index in [4.69, 9.17) is 4.74 Å². The molecule has 0 fully saturated rings. The van der Waals surface area contributed by atoms with E-state index in [-0.39, 0.29) is 18.4 Å². The van der Waals surface area contributed by atoms with Crippen LogP contribution < -0.4 is 5.32 Å². The van der Waals surface area contributed by atoms with E-state index in [0.29, 0.717) is 23.0 Å². The van der Waals surface area contributed by atoms with Crippen molar-refractivity contribution in [2.24, 2.45) is 5.92 Å². The van der Waals surface area contributed by atoms with Gasteiger partial charge < -0.3 is 10.1 Å². The number of anilines is 1. The van der Waals surface area contributed by atoms with Gasteiger partial charge in [0.15, 0.2) is 0 Å². The van der Waals surface area contributed by atoms with Crippen molar-refractivity contribution in [3.05, 3.63) is 33.5 Å². The van der Waals surface area contributed by atoms with Crippen LogP contribution in [0, 0.1) is 12.8 Å². The number of hydrogen-bond acceptors (Lipinski definition) is 6. The molecule has 1 atom stereocenters. The van der Waals surface area contributed by atoms with Crippen LogP contribution in [0.3, 0.4) is 0 Å². The minimum absolute atomic E-state index is 0.134. The second kappa shape index (κ2) is 9.09. The van der Waals surface area contributed by atoms with E-state index in [1.54, 1.807) is 0 Å². The summed E-state index contributed by atoms with van der Waals surface area (Å²) in [6, 6.07) is 0. The van der Waals surface area contributed by atoms with Gasteiger partial charge in [-0.15, -0.1) is 11.3 Å². The summed E-state index contributed by atoms with van der Waals surface area (Å²) in [6.45, 7) is 8.02. The zero-order valence-corrected chi connectivity index (χ0v) is 18.7. The lowest BCUT2D eigenvalue weighted by Gasteiger charge is -2.18. The van der Waals surface area contributed by atoms with E-state index in [1.165, 1.54) is 23.3 Å². The van der Waals surface area contributed by atoms with Crippen molar-refractivity contribution in [2.45, 2.75) is 53.1 Å². The minimum Gasteiger partial charge on any atom is -0.465 e. The smallest absolute Gasteiger partial charge is 0.341 e. The highest BCUT2D eigenvalue weighted by atomic mass is 32.1. The van der Waals surface area contributed by atoms with Crippen LogP contribution in [0.4, 0.5) is 5.00 Å². The number of aromatic nitrogens is 2. The molecule has 3 rings (SSSR count). The molecule has 1 amide bonds. The topological polar surface area (TPSA) is 76.5 Å². The van der Waals surface area contributed by atoms with Crippen LogP contribution in [-0.4, -0.2) is 47.3 Å². The Morgan fingerprint density at radius 2 is 2.21 bits per heavy atom. The van der Waals surface area contributed by atoms with Gasteiger partial charge in [0.2, 0.25) is 5.91 Å². The number of carbonyl (C=O) groups excluding carboxylic acids is 2. The first kappa shape index (κ1) is 21.5. The number of esters is 1. The zero-order chi connectivity index (χ0) is 21.1. The van der Waals surface area contributed by atoms with Crippen molar-refractivity contribution in [1.82, 2.24) is 14.7 Å². The maximum absolute atomic E-state index is 12.7. The van der Waals surface area contributed by atoms with Gasteiger partial charge in [0.1, 0.15) is 5.00 Å². The fraction of sp³-hybridized carbons (Fsp3) is 0.571. The number of likely N-dealkylation sites (N-methyl/N-ethyl adjacent to an activating group) is 1. The molecule has 2 aromatic heterocycles. The normalized spacial score (nSPS) is 16.0. The molecule has 1 N–H and O–H groups in total. The van der Waals surface area contributed by atoms with Crippen LogP contribution in [0.15, 0.2) is 6.20 Å². The molecule has 0 saturated carbocycles. The van der Waals surface area contributed by atoms with Gasteiger partial charge in [0, 0.05) is 29.2 Å². The second-order valence-corrected chi connectivity index (χ2v) is 8.94. The molecule has 8 heteroatoms. The number of fused-ring (bicyclic) bond motifs is 1. The molecule has 0 spiro atoms. The lowest BCUT2D eigenvalue weighted by Crippen LogP contribution is -2.30. The van der Waals surface area contributed by atoms with E-state index >= 15 is 0 Å². The summed E-state index contributed by atoms with van der Waals surface area (Å²) in [5.41, 5.74) is 3.81. The predicted octanol–water partition coefficient (Wildman–Crippen LogP) is 3.25. The standard InChI is InChI=1S/C21H30N4O3S/c1-6-25-14(3)15(10-22-25)11-24(4)12-18(26)23-20-19(21(27)28-5)16-8-7-13(2)9-17(16)29-20/h10,13H,6-9,11-12H2,1-5H3,(H,23,26). The van der Waals surface area contributed by atoms with Crippen LogP contribution >= 0.6 is 11.3 Å². The SMILES string of the molecule is CCn1ncc(CN(C)CC(=O)Nc2sc3c(c2C(=O)OC)CCC(C)C3)c1C. The minimum atomic E-state index is -0.372. The average molecular weight is 419 g/mol. The number of aryl methyl sites for hydroxylation is 1. The zero-order valence-electron chi connectivity index (χ0n) is 17.9. The highest BCUT2D eigenvalue weighted by Gasteiger charge is 2.29. The largest absolute Gasteiger partial charge is 0.465 e. The van der Waals surface area contributed by atoms with Gasteiger partial charge in [-0.05, 0) is 51.6 Å². The van der Waals surface area contributed by atoms with Gasteiger partial charge in [-0.25, -0.2) is 4.79 Å². The first-order valence-electron chi connectivity index (χ1n) is 10.1. The number of carbonyl (C=O) groups is 2. The van der Waals surface area contributed by atoms with Crippen molar-refractivity contribution in [1.29, 1.82) is 0 Å². The summed E-state index contributed by atoms with van der Waals surface area (Å²) >= 11 is 1.51. The number of hydrogen-bond donors (Lipinski definition) is 1. The monoisotopic (exact) mass is 418 g/mol. The number of nitrogens with one attached hydrogen (secondary N) is 1. The summed E-state index contributed by atoms with van der Waals surface area (Å²) in [7, 11) is 3.29. The molecule has 7 nitrogen and oxygen atoms in total. The van der Waals surface area contributed by atoms with E-state index in [1.807, 2.05) is 29.7 Å². The molecule has 0 bridgehead atoms. The number of nitrogens with zero attached hydrogens (tertiary/aromatic N) is 3. The van der Waals surface area contributed by atoms with Gasteiger partial charge >= 0.3 is 5.97 Å². The maximum atomic E-state index is 12.7. The van der Waals surface area contributed by atoms with Crippen LogP contribution in [0.25, 0.3) is 0 Å². The summed E-state index contributed by atoms with van der Waals surface area (Å²) < 4.78 is 6.94. The van der Waals surface area contributed by atoms with Crippen molar-refractivity contribution >= 4 is 28.2 Å². The molecule has 0 aliphatic heterocycles. The summed E-state index contributed by atoms with van der Waals surface area (Å²) in [6.07, 6.45) is 4.71. The summed E-state index contributed by atoms with van der Waals surface area (Å²) in [5, 5.41) is 7.93. The molecular formula is C21H30N4O3S. The van der Waals surface area contributed by atoms with Gasteiger partial charge in [-0.3, -0.25) is 14.4 Å². The average Bonchev–Trinajstić information content (AvgIpc) is 3.20. The third kappa shape index (κ3) is 4.70. The van der Waals surface area contributed by atoms with Crippen molar-refractivity contribution in [3.8, 4) is 0 Å². The first-order valence-corrected chi connectivity index (χ1v) is 10.9. The first-order chi connectivity index (χ1) is 13.8. The number of thiophene rings is 1. The third-order valence-corrected chi connectivity index (χ3v) is 6.68. The molecule has 1 aliphatic carbocycles.